The van der Waals surface area contributed by atoms with Gasteiger partial charge >= 0.3 is 0 Å². The van der Waals surface area contributed by atoms with Gasteiger partial charge in [0.1, 0.15) is 12.1 Å². The van der Waals surface area contributed by atoms with Crippen LogP contribution in [0.1, 0.15) is 10.4 Å². The van der Waals surface area contributed by atoms with E-state index in [4.69, 9.17) is 0 Å². The molecule has 1 aromatic heterocycles. The van der Waals surface area contributed by atoms with Crippen LogP contribution < -0.4 is 0 Å². The fourth-order valence-electron chi connectivity index (χ4n) is 2.04. The van der Waals surface area contributed by atoms with Crippen molar-refractivity contribution in [3.63, 3.8) is 0 Å². The molecule has 0 spiro atoms. The normalized spacial score (nSPS) is 10.3. The topological polar surface area (TPSA) is 45.8 Å². The molecule has 0 saturated heterocycles. The summed E-state index contributed by atoms with van der Waals surface area (Å²) in [6, 6.07) is 15.7. The number of rotatable bonds is 3. The summed E-state index contributed by atoms with van der Waals surface area (Å²) >= 11 is 0. The lowest BCUT2D eigenvalue weighted by Crippen LogP contribution is -1.84. The predicted molar refractivity (Wildman–Crippen MR) is 74.8 cm³/mol. The number of hydrogen-bond donors (Lipinski definition) is 1. The average Bonchev–Trinajstić information content (AvgIpc) is 3.02. The molecule has 0 radical (unpaired) electrons. The van der Waals surface area contributed by atoms with Gasteiger partial charge in [-0.05, 0) is 17.2 Å². The number of benzene rings is 2. The number of imidazole rings is 1. The maximum absolute atomic E-state index is 10.8. The van der Waals surface area contributed by atoms with Gasteiger partial charge in [0.15, 0.2) is 0 Å². The predicted octanol–water partition coefficient (Wildman–Crippen LogP) is 3.56. The van der Waals surface area contributed by atoms with E-state index in [1.165, 1.54) is 0 Å². The van der Waals surface area contributed by atoms with E-state index in [9.17, 15) is 4.79 Å². The van der Waals surface area contributed by atoms with Crippen molar-refractivity contribution < 1.29 is 4.79 Å². The molecule has 0 aliphatic rings. The SMILES string of the molecule is O=Cc1cccc(-c2ccc(-c3ncc[nH]3)cc2)c1. The number of carbonyl (C=O) groups excluding carboxylic acids is 1. The van der Waals surface area contributed by atoms with Gasteiger partial charge in [-0.1, -0.05) is 42.5 Å². The van der Waals surface area contributed by atoms with Gasteiger partial charge in [-0.25, -0.2) is 4.98 Å². The Balaban J connectivity index is 1.96. The van der Waals surface area contributed by atoms with Crippen molar-refractivity contribution in [3.05, 3.63) is 66.5 Å². The molecule has 0 fully saturated rings. The van der Waals surface area contributed by atoms with Gasteiger partial charge in [-0.3, -0.25) is 4.79 Å². The summed E-state index contributed by atoms with van der Waals surface area (Å²) in [7, 11) is 0. The molecule has 0 atom stereocenters. The first-order chi connectivity index (χ1) is 9.36. The summed E-state index contributed by atoms with van der Waals surface area (Å²) in [5.74, 6) is 0.855. The van der Waals surface area contributed by atoms with Gasteiger partial charge in [0.25, 0.3) is 0 Å². The molecule has 0 aliphatic heterocycles. The number of H-pyrrole nitrogens is 1. The van der Waals surface area contributed by atoms with Crippen LogP contribution in [0, 0.1) is 0 Å². The monoisotopic (exact) mass is 248 g/mol. The summed E-state index contributed by atoms with van der Waals surface area (Å²) < 4.78 is 0. The second kappa shape index (κ2) is 4.90. The summed E-state index contributed by atoms with van der Waals surface area (Å²) in [4.78, 5) is 18.1. The Labute approximate surface area is 111 Å². The Morgan fingerprint density at radius 3 is 2.42 bits per heavy atom. The van der Waals surface area contributed by atoms with Crippen LogP contribution >= 0.6 is 0 Å². The number of aromatic nitrogens is 2. The molecule has 0 amide bonds. The van der Waals surface area contributed by atoms with Gasteiger partial charge in [0.05, 0.1) is 0 Å². The largest absolute Gasteiger partial charge is 0.345 e. The maximum Gasteiger partial charge on any atom is 0.150 e. The van der Waals surface area contributed by atoms with Crippen molar-refractivity contribution in [1.29, 1.82) is 0 Å². The quantitative estimate of drug-likeness (QED) is 0.720. The standard InChI is InChI=1S/C16H12N2O/c19-11-12-2-1-3-15(10-12)13-4-6-14(7-5-13)16-17-8-9-18-16/h1-11H,(H,17,18). The van der Waals surface area contributed by atoms with E-state index in [0.717, 1.165) is 28.8 Å². The summed E-state index contributed by atoms with van der Waals surface area (Å²) in [5, 5.41) is 0. The lowest BCUT2D eigenvalue weighted by Gasteiger charge is -2.03. The fourth-order valence-corrected chi connectivity index (χ4v) is 2.04. The van der Waals surface area contributed by atoms with Gasteiger partial charge in [0, 0.05) is 23.5 Å². The van der Waals surface area contributed by atoms with Gasteiger partial charge in [0.2, 0.25) is 0 Å². The van der Waals surface area contributed by atoms with E-state index in [2.05, 4.69) is 9.97 Å². The van der Waals surface area contributed by atoms with Crippen molar-refractivity contribution in [3.8, 4) is 22.5 Å². The van der Waals surface area contributed by atoms with Gasteiger partial charge in [-0.15, -0.1) is 0 Å². The zero-order chi connectivity index (χ0) is 13.1. The minimum Gasteiger partial charge on any atom is -0.345 e. The highest BCUT2D eigenvalue weighted by Gasteiger charge is 2.02. The smallest absolute Gasteiger partial charge is 0.150 e. The molecular weight excluding hydrogens is 236 g/mol. The zero-order valence-corrected chi connectivity index (χ0v) is 10.2. The number of aldehydes is 1. The molecule has 1 heterocycles. The third kappa shape index (κ3) is 2.31. The second-order valence-electron chi connectivity index (χ2n) is 4.26. The Morgan fingerprint density at radius 2 is 1.74 bits per heavy atom. The molecule has 0 bridgehead atoms. The van der Waals surface area contributed by atoms with Crippen molar-refractivity contribution in [2.75, 3.05) is 0 Å². The van der Waals surface area contributed by atoms with Crippen LogP contribution in [0.4, 0.5) is 0 Å². The third-order valence-corrected chi connectivity index (χ3v) is 3.01. The molecule has 19 heavy (non-hydrogen) atoms. The molecule has 3 aromatic rings. The fraction of sp³-hybridized carbons (Fsp3) is 0. The summed E-state index contributed by atoms with van der Waals surface area (Å²) in [6.45, 7) is 0. The molecular formula is C16H12N2O. The summed E-state index contributed by atoms with van der Waals surface area (Å²) in [5.41, 5.74) is 3.85. The van der Waals surface area contributed by atoms with E-state index in [-0.39, 0.29) is 0 Å². The lowest BCUT2D eigenvalue weighted by atomic mass is 10.0. The van der Waals surface area contributed by atoms with E-state index in [0.29, 0.717) is 5.56 Å². The average molecular weight is 248 g/mol. The number of carbonyl (C=O) groups is 1. The molecule has 3 heteroatoms. The Kier molecular flexibility index (Phi) is 2.94. The minimum absolute atomic E-state index is 0.688. The first-order valence-electron chi connectivity index (χ1n) is 6.02. The van der Waals surface area contributed by atoms with Crippen molar-refractivity contribution in [2.24, 2.45) is 0 Å². The maximum atomic E-state index is 10.8. The van der Waals surface area contributed by atoms with E-state index in [1.54, 1.807) is 18.5 Å². The van der Waals surface area contributed by atoms with E-state index < -0.39 is 0 Å². The van der Waals surface area contributed by atoms with Crippen LogP contribution in [-0.2, 0) is 0 Å². The van der Waals surface area contributed by atoms with Gasteiger partial charge < -0.3 is 4.98 Å². The van der Waals surface area contributed by atoms with Gasteiger partial charge in [-0.2, -0.15) is 0 Å². The molecule has 0 unspecified atom stereocenters. The van der Waals surface area contributed by atoms with Crippen molar-refractivity contribution >= 4 is 6.29 Å². The molecule has 92 valence electrons. The Hall–Kier alpha value is -2.68. The molecule has 3 rings (SSSR count). The summed E-state index contributed by atoms with van der Waals surface area (Å²) in [6.07, 6.45) is 4.40. The van der Waals surface area contributed by atoms with Crippen LogP contribution in [0.5, 0.6) is 0 Å². The van der Waals surface area contributed by atoms with E-state index >= 15 is 0 Å². The van der Waals surface area contributed by atoms with Crippen LogP contribution in [0.3, 0.4) is 0 Å². The lowest BCUT2D eigenvalue weighted by molar-refractivity contribution is 0.112. The number of nitrogens with one attached hydrogen (secondary N) is 1. The molecule has 0 aliphatic carbocycles. The van der Waals surface area contributed by atoms with E-state index in [1.807, 2.05) is 42.5 Å². The molecule has 2 aromatic carbocycles. The highest BCUT2D eigenvalue weighted by molar-refractivity contribution is 5.79. The molecule has 3 nitrogen and oxygen atoms in total. The molecule has 0 saturated carbocycles. The minimum atomic E-state index is 0.688. The molecule has 1 N–H and O–H groups in total. The van der Waals surface area contributed by atoms with Crippen molar-refractivity contribution in [2.45, 2.75) is 0 Å². The van der Waals surface area contributed by atoms with Crippen LogP contribution in [0.15, 0.2) is 60.9 Å². The zero-order valence-electron chi connectivity index (χ0n) is 10.2. The number of hydrogen-bond acceptors (Lipinski definition) is 2. The highest BCUT2D eigenvalue weighted by atomic mass is 16.1. The Morgan fingerprint density at radius 1 is 0.947 bits per heavy atom. The first-order valence-corrected chi connectivity index (χ1v) is 6.02. The second-order valence-corrected chi connectivity index (χ2v) is 4.26. The first kappa shape index (κ1) is 11.4. The number of aromatic amines is 1. The van der Waals surface area contributed by atoms with Crippen molar-refractivity contribution in [1.82, 2.24) is 9.97 Å². The highest BCUT2D eigenvalue weighted by Crippen LogP contribution is 2.23. The van der Waals surface area contributed by atoms with Crippen LogP contribution in [0.2, 0.25) is 0 Å². The Bertz CT molecular complexity index is 685. The number of nitrogens with zero attached hydrogens (tertiary/aromatic N) is 1. The third-order valence-electron chi connectivity index (χ3n) is 3.01. The van der Waals surface area contributed by atoms with Crippen LogP contribution in [0.25, 0.3) is 22.5 Å². The van der Waals surface area contributed by atoms with Crippen LogP contribution in [-0.4, -0.2) is 16.3 Å².